The number of hydrogen-bond donors (Lipinski definition) is 0. The van der Waals surface area contributed by atoms with Gasteiger partial charge in [-0.3, -0.25) is 4.79 Å². The molecular weight excluding hydrogens is 112 g/mol. The minimum absolute atomic E-state index is 0.0532. The molecule has 0 aliphatic heterocycles. The third-order valence-corrected chi connectivity index (χ3v) is 1.18. The third-order valence-electron chi connectivity index (χ3n) is 1.18. The van der Waals surface area contributed by atoms with Gasteiger partial charge in [-0.05, 0) is 31.9 Å². The van der Waals surface area contributed by atoms with E-state index in [1.54, 1.807) is 19.9 Å². The molecule has 1 nitrogen and oxygen atoms in total. The summed E-state index contributed by atoms with van der Waals surface area (Å²) in [6.45, 7) is 8.88. The maximum Gasteiger partial charge on any atom is 0.183 e. The number of ketones is 1. The van der Waals surface area contributed by atoms with Gasteiger partial charge >= 0.3 is 0 Å². The zero-order valence-corrected chi connectivity index (χ0v) is 6.19. The van der Waals surface area contributed by atoms with Crippen LogP contribution < -0.4 is 0 Å². The first-order valence-electron chi connectivity index (χ1n) is 2.92. The SMILES string of the molecule is C=C(C)C(=O)/C(C)=C\C. The Labute approximate surface area is 56.1 Å². The Balaban J connectivity index is 4.23. The van der Waals surface area contributed by atoms with Crippen LogP contribution in [0.25, 0.3) is 0 Å². The van der Waals surface area contributed by atoms with Crippen molar-refractivity contribution in [2.75, 3.05) is 0 Å². The lowest BCUT2D eigenvalue weighted by atomic mass is 10.1. The molecule has 0 radical (unpaired) electrons. The van der Waals surface area contributed by atoms with E-state index in [9.17, 15) is 4.79 Å². The summed E-state index contributed by atoms with van der Waals surface area (Å²) in [7, 11) is 0. The molecule has 0 atom stereocenters. The summed E-state index contributed by atoms with van der Waals surface area (Å²) in [4.78, 5) is 10.9. The average Bonchev–Trinajstić information content (AvgIpc) is 1.84. The van der Waals surface area contributed by atoms with E-state index < -0.39 is 0 Å². The van der Waals surface area contributed by atoms with E-state index in [0.717, 1.165) is 5.57 Å². The molecule has 0 spiro atoms. The summed E-state index contributed by atoms with van der Waals surface area (Å²) in [5.41, 5.74) is 1.37. The van der Waals surface area contributed by atoms with Crippen LogP contribution in [0.5, 0.6) is 0 Å². The Morgan fingerprint density at radius 3 is 2.00 bits per heavy atom. The van der Waals surface area contributed by atoms with Crippen LogP contribution in [0.2, 0.25) is 0 Å². The van der Waals surface area contributed by atoms with Crippen molar-refractivity contribution in [3.8, 4) is 0 Å². The van der Waals surface area contributed by atoms with Crippen molar-refractivity contribution >= 4 is 5.78 Å². The van der Waals surface area contributed by atoms with E-state index >= 15 is 0 Å². The highest BCUT2D eigenvalue weighted by Crippen LogP contribution is 2.01. The summed E-state index contributed by atoms with van der Waals surface area (Å²) in [5.74, 6) is 0.0532. The minimum atomic E-state index is 0.0532. The summed E-state index contributed by atoms with van der Waals surface area (Å²) < 4.78 is 0. The van der Waals surface area contributed by atoms with Crippen LogP contribution in [0.3, 0.4) is 0 Å². The molecule has 50 valence electrons. The van der Waals surface area contributed by atoms with E-state index in [4.69, 9.17) is 0 Å². The monoisotopic (exact) mass is 124 g/mol. The minimum Gasteiger partial charge on any atom is -0.289 e. The van der Waals surface area contributed by atoms with Crippen molar-refractivity contribution in [1.29, 1.82) is 0 Å². The van der Waals surface area contributed by atoms with E-state index in [-0.39, 0.29) is 5.78 Å². The molecular formula is C8H12O. The molecule has 0 N–H and O–H groups in total. The summed E-state index contributed by atoms with van der Waals surface area (Å²) >= 11 is 0. The van der Waals surface area contributed by atoms with Crippen LogP contribution in [0.15, 0.2) is 23.8 Å². The van der Waals surface area contributed by atoms with Gasteiger partial charge in [0.2, 0.25) is 0 Å². The van der Waals surface area contributed by atoms with Gasteiger partial charge in [-0.2, -0.15) is 0 Å². The zero-order chi connectivity index (χ0) is 7.44. The van der Waals surface area contributed by atoms with Crippen LogP contribution in [0, 0.1) is 0 Å². The van der Waals surface area contributed by atoms with E-state index in [0.29, 0.717) is 5.57 Å². The van der Waals surface area contributed by atoms with Crippen molar-refractivity contribution in [2.24, 2.45) is 0 Å². The molecule has 0 fully saturated rings. The largest absolute Gasteiger partial charge is 0.289 e. The van der Waals surface area contributed by atoms with Crippen LogP contribution >= 0.6 is 0 Å². The number of carbonyl (C=O) groups is 1. The van der Waals surface area contributed by atoms with Crippen LogP contribution in [-0.4, -0.2) is 5.78 Å². The van der Waals surface area contributed by atoms with Crippen LogP contribution in [-0.2, 0) is 4.79 Å². The molecule has 0 aromatic heterocycles. The molecule has 9 heavy (non-hydrogen) atoms. The zero-order valence-electron chi connectivity index (χ0n) is 6.19. The van der Waals surface area contributed by atoms with E-state index in [2.05, 4.69) is 6.58 Å². The van der Waals surface area contributed by atoms with Gasteiger partial charge in [0.15, 0.2) is 5.78 Å². The topological polar surface area (TPSA) is 17.1 Å². The van der Waals surface area contributed by atoms with Crippen molar-refractivity contribution in [2.45, 2.75) is 20.8 Å². The van der Waals surface area contributed by atoms with Crippen molar-refractivity contribution in [1.82, 2.24) is 0 Å². The third kappa shape index (κ3) is 2.27. The van der Waals surface area contributed by atoms with Gasteiger partial charge in [0, 0.05) is 0 Å². The van der Waals surface area contributed by atoms with Crippen molar-refractivity contribution < 1.29 is 4.79 Å². The first-order chi connectivity index (χ1) is 4.09. The standard InChI is InChI=1S/C8H12O/c1-5-7(4)8(9)6(2)3/h5H,2H2,1,3-4H3/b7-5-. The quantitative estimate of drug-likeness (QED) is 0.515. The maximum absolute atomic E-state index is 10.9. The van der Waals surface area contributed by atoms with E-state index in [1.165, 1.54) is 0 Å². The Morgan fingerprint density at radius 1 is 1.44 bits per heavy atom. The molecule has 0 bridgehead atoms. The maximum atomic E-state index is 10.9. The van der Waals surface area contributed by atoms with Crippen molar-refractivity contribution in [3.05, 3.63) is 23.8 Å². The fraction of sp³-hybridized carbons (Fsp3) is 0.375. The first kappa shape index (κ1) is 8.15. The molecule has 0 heterocycles. The predicted molar refractivity (Wildman–Crippen MR) is 39.3 cm³/mol. The number of allylic oxidation sites excluding steroid dienone is 3. The Kier molecular flexibility index (Phi) is 2.93. The highest BCUT2D eigenvalue weighted by atomic mass is 16.1. The Morgan fingerprint density at radius 2 is 1.89 bits per heavy atom. The Bertz CT molecular complexity index is 163. The summed E-state index contributed by atoms with van der Waals surface area (Å²) in [6.07, 6.45) is 1.79. The predicted octanol–water partition coefficient (Wildman–Crippen LogP) is 2.10. The number of Topliss-reactive ketones (excluding diaryl/α,β-unsaturated/α-hetero) is 1. The molecule has 0 aromatic rings. The van der Waals surface area contributed by atoms with Crippen LogP contribution in [0.4, 0.5) is 0 Å². The second-order valence-corrected chi connectivity index (χ2v) is 2.08. The molecule has 0 saturated carbocycles. The smallest absolute Gasteiger partial charge is 0.183 e. The van der Waals surface area contributed by atoms with Gasteiger partial charge < -0.3 is 0 Å². The summed E-state index contributed by atoms with van der Waals surface area (Å²) in [5, 5.41) is 0. The molecule has 0 aliphatic carbocycles. The molecule has 0 unspecified atom stereocenters. The molecule has 1 heteroatoms. The van der Waals surface area contributed by atoms with Gasteiger partial charge in [-0.15, -0.1) is 0 Å². The highest BCUT2D eigenvalue weighted by molar-refractivity contribution is 6.06. The summed E-state index contributed by atoms with van der Waals surface area (Å²) in [6, 6.07) is 0. The van der Waals surface area contributed by atoms with Gasteiger partial charge in [-0.25, -0.2) is 0 Å². The Hall–Kier alpha value is -0.850. The van der Waals surface area contributed by atoms with Gasteiger partial charge in [-0.1, -0.05) is 12.7 Å². The fourth-order valence-corrected chi connectivity index (χ4v) is 0.468. The lowest BCUT2D eigenvalue weighted by Gasteiger charge is -1.95. The first-order valence-corrected chi connectivity index (χ1v) is 2.92. The molecule has 0 rings (SSSR count). The van der Waals surface area contributed by atoms with Gasteiger partial charge in [0.05, 0.1) is 0 Å². The number of rotatable bonds is 2. The number of hydrogen-bond acceptors (Lipinski definition) is 1. The molecule has 0 amide bonds. The average molecular weight is 124 g/mol. The molecule has 0 aliphatic rings. The lowest BCUT2D eigenvalue weighted by Crippen LogP contribution is -1.98. The normalized spacial score (nSPS) is 11.2. The highest BCUT2D eigenvalue weighted by Gasteiger charge is 2.01. The molecule has 0 aromatic carbocycles. The second-order valence-electron chi connectivity index (χ2n) is 2.08. The number of carbonyl (C=O) groups excluding carboxylic acids is 1. The van der Waals surface area contributed by atoms with E-state index in [1.807, 2.05) is 6.92 Å². The van der Waals surface area contributed by atoms with Crippen LogP contribution in [0.1, 0.15) is 20.8 Å². The van der Waals surface area contributed by atoms with Gasteiger partial charge in [0.1, 0.15) is 0 Å². The fourth-order valence-electron chi connectivity index (χ4n) is 0.468. The molecule has 0 saturated heterocycles. The second kappa shape index (κ2) is 3.23. The van der Waals surface area contributed by atoms with Gasteiger partial charge in [0.25, 0.3) is 0 Å². The lowest BCUT2D eigenvalue weighted by molar-refractivity contribution is -0.112. The van der Waals surface area contributed by atoms with Crippen molar-refractivity contribution in [3.63, 3.8) is 0 Å².